The van der Waals surface area contributed by atoms with Gasteiger partial charge in [-0.25, -0.2) is 13.1 Å². The van der Waals surface area contributed by atoms with E-state index < -0.39 is 15.9 Å². The van der Waals surface area contributed by atoms with E-state index in [0.29, 0.717) is 0 Å². The predicted octanol–water partition coefficient (Wildman–Crippen LogP) is 4.57. The fourth-order valence-electron chi connectivity index (χ4n) is 4.85. The Balaban J connectivity index is 1.18. The van der Waals surface area contributed by atoms with E-state index >= 15 is 0 Å². The predicted molar refractivity (Wildman–Crippen MR) is 133 cm³/mol. The molecule has 2 aliphatic rings. The second kappa shape index (κ2) is 10.7. The van der Waals surface area contributed by atoms with Gasteiger partial charge in [-0.15, -0.1) is 0 Å². The molecule has 1 aliphatic carbocycles. The van der Waals surface area contributed by atoms with Crippen LogP contribution in [0.15, 0.2) is 60.7 Å². The smallest absolute Gasteiger partial charge is 0.257 e. The van der Waals surface area contributed by atoms with E-state index in [4.69, 9.17) is 0 Å². The Morgan fingerprint density at radius 1 is 1.06 bits per heavy atom. The Morgan fingerprint density at radius 2 is 1.76 bits per heavy atom. The lowest BCUT2D eigenvalue weighted by molar-refractivity contribution is -0.114. The second-order valence-corrected chi connectivity index (χ2v) is 11.4. The molecule has 0 bridgehead atoms. The molecule has 1 heterocycles. The lowest BCUT2D eigenvalue weighted by atomic mass is 9.90. The molecule has 2 fully saturated rings. The number of likely N-dealkylation sites (tertiary alicyclic amines) is 1. The highest BCUT2D eigenvalue weighted by Gasteiger charge is 2.39. The van der Waals surface area contributed by atoms with Gasteiger partial charge in [0.25, 0.3) is 5.91 Å². The van der Waals surface area contributed by atoms with Gasteiger partial charge in [0.15, 0.2) is 0 Å². The molecule has 6 heteroatoms. The zero-order chi connectivity index (χ0) is 23.3. The van der Waals surface area contributed by atoms with Crippen molar-refractivity contribution in [2.75, 3.05) is 18.8 Å². The molecule has 0 unspecified atom stereocenters. The van der Waals surface area contributed by atoms with Gasteiger partial charge >= 0.3 is 0 Å². The van der Waals surface area contributed by atoms with Crippen LogP contribution in [0.5, 0.6) is 0 Å². The maximum atomic E-state index is 11.7. The van der Waals surface area contributed by atoms with Crippen molar-refractivity contribution in [3.05, 3.63) is 77.4 Å². The molecule has 2 atom stereocenters. The van der Waals surface area contributed by atoms with Crippen LogP contribution in [0, 0.1) is 11.8 Å². The third kappa shape index (κ3) is 7.02. The molecule has 1 aliphatic heterocycles. The van der Waals surface area contributed by atoms with Crippen molar-refractivity contribution in [3.63, 3.8) is 0 Å². The molecule has 2 aromatic carbocycles. The summed E-state index contributed by atoms with van der Waals surface area (Å²) in [6.07, 6.45) is 8.21. The van der Waals surface area contributed by atoms with Gasteiger partial charge < -0.3 is 0 Å². The van der Waals surface area contributed by atoms with Gasteiger partial charge in [-0.05, 0) is 86.2 Å². The number of hydrogen-bond donors (Lipinski definition) is 1. The SMILES string of the molecule is CCS(=O)(=O)NC(=O)/C=C/c1ccc(CN2CCC(C[C@@H]3C[C@H]3c3ccccc3)CC2)cc1. The number of rotatable bonds is 9. The van der Waals surface area contributed by atoms with Gasteiger partial charge in [0.05, 0.1) is 5.75 Å². The molecule has 1 saturated heterocycles. The summed E-state index contributed by atoms with van der Waals surface area (Å²) >= 11 is 0. The molecular weight excluding hydrogens is 432 g/mol. The molecule has 4 rings (SSSR count). The molecule has 0 spiro atoms. The summed E-state index contributed by atoms with van der Waals surface area (Å²) < 4.78 is 24.9. The number of hydrogen-bond acceptors (Lipinski definition) is 4. The highest BCUT2D eigenvalue weighted by Crippen LogP contribution is 2.51. The van der Waals surface area contributed by atoms with E-state index in [0.717, 1.165) is 43.0 Å². The lowest BCUT2D eigenvalue weighted by Crippen LogP contribution is -2.33. The number of carbonyl (C=O) groups excluding carboxylic acids is 1. The summed E-state index contributed by atoms with van der Waals surface area (Å²) in [5.41, 5.74) is 3.65. The first kappa shape index (κ1) is 23.7. The van der Waals surface area contributed by atoms with E-state index in [2.05, 4.69) is 47.4 Å². The van der Waals surface area contributed by atoms with Gasteiger partial charge in [-0.2, -0.15) is 0 Å². The fraction of sp³-hybridized carbons (Fsp3) is 0.444. The molecule has 2 aromatic rings. The molecule has 33 heavy (non-hydrogen) atoms. The monoisotopic (exact) mass is 466 g/mol. The minimum Gasteiger partial charge on any atom is -0.299 e. The van der Waals surface area contributed by atoms with Crippen molar-refractivity contribution in [1.29, 1.82) is 0 Å². The van der Waals surface area contributed by atoms with Crippen molar-refractivity contribution < 1.29 is 13.2 Å². The highest BCUT2D eigenvalue weighted by molar-refractivity contribution is 7.90. The minimum absolute atomic E-state index is 0.118. The number of benzene rings is 2. The van der Waals surface area contributed by atoms with Crippen molar-refractivity contribution >= 4 is 22.0 Å². The van der Waals surface area contributed by atoms with Gasteiger partial charge in [-0.3, -0.25) is 9.69 Å². The van der Waals surface area contributed by atoms with Crippen molar-refractivity contribution in [2.24, 2.45) is 11.8 Å². The molecule has 1 amide bonds. The first-order valence-corrected chi connectivity index (χ1v) is 13.7. The summed E-state index contributed by atoms with van der Waals surface area (Å²) in [6.45, 7) is 4.75. The zero-order valence-electron chi connectivity index (χ0n) is 19.3. The molecule has 0 radical (unpaired) electrons. The minimum atomic E-state index is -3.53. The largest absolute Gasteiger partial charge is 0.299 e. The maximum absolute atomic E-state index is 11.7. The second-order valence-electron chi connectivity index (χ2n) is 9.41. The third-order valence-corrected chi connectivity index (χ3v) is 8.22. The van der Waals surface area contributed by atoms with Crippen molar-refractivity contribution in [1.82, 2.24) is 9.62 Å². The van der Waals surface area contributed by atoms with Crippen LogP contribution >= 0.6 is 0 Å². The van der Waals surface area contributed by atoms with Crippen LogP contribution in [0.2, 0.25) is 0 Å². The summed E-state index contributed by atoms with van der Waals surface area (Å²) in [5.74, 6) is 1.79. The van der Waals surface area contributed by atoms with Crippen LogP contribution in [0.3, 0.4) is 0 Å². The third-order valence-electron chi connectivity index (χ3n) is 6.94. The lowest BCUT2D eigenvalue weighted by Gasteiger charge is -2.32. The molecule has 5 nitrogen and oxygen atoms in total. The Morgan fingerprint density at radius 3 is 2.42 bits per heavy atom. The van der Waals surface area contributed by atoms with Crippen LogP contribution < -0.4 is 4.72 Å². The maximum Gasteiger partial charge on any atom is 0.257 e. The van der Waals surface area contributed by atoms with Crippen molar-refractivity contribution in [3.8, 4) is 0 Å². The molecule has 1 saturated carbocycles. The average Bonchev–Trinajstić information content (AvgIpc) is 3.59. The van der Waals surface area contributed by atoms with Crippen molar-refractivity contribution in [2.45, 2.75) is 45.1 Å². The van der Waals surface area contributed by atoms with Gasteiger partial charge in [0, 0.05) is 12.6 Å². The van der Waals surface area contributed by atoms with Crippen LogP contribution in [0.1, 0.15) is 55.2 Å². The number of piperidine rings is 1. The first-order chi connectivity index (χ1) is 15.9. The molecule has 0 aromatic heterocycles. The highest BCUT2D eigenvalue weighted by atomic mass is 32.2. The Kier molecular flexibility index (Phi) is 7.66. The van der Waals surface area contributed by atoms with Crippen LogP contribution in [-0.4, -0.2) is 38.1 Å². The number of sulfonamides is 1. The standard InChI is InChI=1S/C27H34N2O3S/c1-2-33(31,32)28-27(30)13-12-21-8-10-23(11-9-21)20-29-16-14-22(15-17-29)18-25-19-26(25)24-6-4-3-5-7-24/h3-13,22,25-26H,2,14-20H2,1H3,(H,28,30)/b13-12+/t25-,26+/m1/s1. The Hall–Kier alpha value is -2.44. The first-order valence-electron chi connectivity index (χ1n) is 12.0. The van der Waals surface area contributed by atoms with Crippen LogP contribution in [0.4, 0.5) is 0 Å². The van der Waals surface area contributed by atoms with E-state index in [1.807, 2.05) is 16.9 Å². The molecule has 1 N–H and O–H groups in total. The van der Waals surface area contributed by atoms with E-state index in [1.54, 1.807) is 6.08 Å². The summed E-state index contributed by atoms with van der Waals surface area (Å²) in [6, 6.07) is 19.1. The van der Waals surface area contributed by atoms with Crippen LogP contribution in [0.25, 0.3) is 6.08 Å². The Bertz CT molecular complexity index is 1060. The van der Waals surface area contributed by atoms with Crippen LogP contribution in [-0.2, 0) is 21.4 Å². The van der Waals surface area contributed by atoms with E-state index in [1.165, 1.54) is 49.8 Å². The number of amides is 1. The number of nitrogens with one attached hydrogen (secondary N) is 1. The van der Waals surface area contributed by atoms with E-state index in [-0.39, 0.29) is 5.75 Å². The molecule has 176 valence electrons. The quantitative estimate of drug-likeness (QED) is 0.550. The van der Waals surface area contributed by atoms with E-state index in [9.17, 15) is 13.2 Å². The Labute approximate surface area is 197 Å². The normalized spacial score (nSPS) is 21.8. The summed E-state index contributed by atoms with van der Waals surface area (Å²) in [4.78, 5) is 14.3. The van der Waals surface area contributed by atoms with Gasteiger partial charge in [0.1, 0.15) is 0 Å². The number of carbonyl (C=O) groups is 1. The van der Waals surface area contributed by atoms with Gasteiger partial charge in [0.2, 0.25) is 10.0 Å². The summed E-state index contributed by atoms with van der Waals surface area (Å²) in [7, 11) is -3.53. The topological polar surface area (TPSA) is 66.5 Å². The zero-order valence-corrected chi connectivity index (χ0v) is 20.1. The fourth-order valence-corrected chi connectivity index (χ4v) is 5.37. The molecular formula is C27H34N2O3S. The van der Waals surface area contributed by atoms with Gasteiger partial charge in [-0.1, -0.05) is 54.6 Å². The average molecular weight is 467 g/mol. The summed E-state index contributed by atoms with van der Waals surface area (Å²) in [5, 5.41) is 0. The number of nitrogens with zero attached hydrogens (tertiary/aromatic N) is 1.